The van der Waals surface area contributed by atoms with E-state index < -0.39 is 0 Å². The predicted molar refractivity (Wildman–Crippen MR) is 78.3 cm³/mol. The van der Waals surface area contributed by atoms with Crippen LogP contribution in [0.1, 0.15) is 31.2 Å². The Hall–Kier alpha value is -0.580. The van der Waals surface area contributed by atoms with E-state index in [4.69, 9.17) is 5.73 Å². The second-order valence-corrected chi connectivity index (χ2v) is 5.40. The summed E-state index contributed by atoms with van der Waals surface area (Å²) in [6, 6.07) is 2.41. The van der Waals surface area contributed by atoms with Crippen molar-refractivity contribution in [2.75, 3.05) is 13.1 Å². The molecule has 1 aliphatic heterocycles. The molecule has 2 rings (SSSR count). The highest BCUT2D eigenvalue weighted by molar-refractivity contribution is 7.07. The summed E-state index contributed by atoms with van der Waals surface area (Å²) >= 11 is 1.65. The minimum absolute atomic E-state index is 0. The second-order valence-electron chi connectivity index (χ2n) is 4.62. The molecule has 0 aromatic carbocycles. The van der Waals surface area contributed by atoms with Crippen LogP contribution in [-0.2, 0) is 11.2 Å². The average Bonchev–Trinajstić information content (AvgIpc) is 2.83. The van der Waals surface area contributed by atoms with Crippen LogP contribution in [0.2, 0.25) is 0 Å². The van der Waals surface area contributed by atoms with Crippen LogP contribution in [0.25, 0.3) is 0 Å². The Morgan fingerprint density at radius 2 is 2.33 bits per heavy atom. The molecule has 0 bridgehead atoms. The predicted octanol–water partition coefficient (Wildman–Crippen LogP) is 2.44. The third-order valence-electron chi connectivity index (χ3n) is 3.38. The summed E-state index contributed by atoms with van der Waals surface area (Å²) in [4.78, 5) is 14.3. The molecular weight excluding hydrogens is 268 g/mol. The zero-order valence-electron chi connectivity index (χ0n) is 10.5. The minimum atomic E-state index is 0. The lowest BCUT2D eigenvalue weighted by atomic mass is 9.98. The molecule has 1 amide bonds. The first kappa shape index (κ1) is 15.5. The van der Waals surface area contributed by atoms with E-state index in [0.717, 1.165) is 31.4 Å². The molecule has 18 heavy (non-hydrogen) atoms. The SMILES string of the molecule is Cl.NCCC1CCCCN1C(=O)Cc1ccsc1. The smallest absolute Gasteiger partial charge is 0.227 e. The van der Waals surface area contributed by atoms with Gasteiger partial charge >= 0.3 is 0 Å². The van der Waals surface area contributed by atoms with Gasteiger partial charge in [-0.3, -0.25) is 4.79 Å². The zero-order valence-corrected chi connectivity index (χ0v) is 12.1. The number of nitrogens with zero attached hydrogens (tertiary/aromatic N) is 1. The molecule has 1 saturated heterocycles. The van der Waals surface area contributed by atoms with E-state index in [-0.39, 0.29) is 18.3 Å². The largest absolute Gasteiger partial charge is 0.339 e. The van der Waals surface area contributed by atoms with E-state index >= 15 is 0 Å². The maximum atomic E-state index is 12.2. The summed E-state index contributed by atoms with van der Waals surface area (Å²) < 4.78 is 0. The number of amides is 1. The van der Waals surface area contributed by atoms with E-state index in [0.29, 0.717) is 19.0 Å². The van der Waals surface area contributed by atoms with E-state index in [2.05, 4.69) is 5.38 Å². The van der Waals surface area contributed by atoms with Crippen molar-refractivity contribution in [1.82, 2.24) is 4.90 Å². The summed E-state index contributed by atoms with van der Waals surface area (Å²) in [5.74, 6) is 0.265. The Morgan fingerprint density at radius 1 is 1.50 bits per heavy atom. The Kier molecular flexibility index (Phi) is 6.68. The van der Waals surface area contributed by atoms with E-state index in [1.54, 1.807) is 11.3 Å². The first-order valence-corrected chi connectivity index (χ1v) is 7.26. The molecule has 1 fully saturated rings. The van der Waals surface area contributed by atoms with Crippen LogP contribution in [0, 0.1) is 0 Å². The first-order chi connectivity index (χ1) is 8.31. The van der Waals surface area contributed by atoms with Crippen molar-refractivity contribution in [1.29, 1.82) is 0 Å². The molecular formula is C13H21ClN2OS. The third kappa shape index (κ3) is 3.97. The summed E-state index contributed by atoms with van der Waals surface area (Å²) in [7, 11) is 0. The Balaban J connectivity index is 0.00000162. The van der Waals surface area contributed by atoms with Gasteiger partial charge in [-0.25, -0.2) is 0 Å². The highest BCUT2D eigenvalue weighted by atomic mass is 35.5. The lowest BCUT2D eigenvalue weighted by Crippen LogP contribution is -2.45. The Morgan fingerprint density at radius 3 is 3.00 bits per heavy atom. The summed E-state index contributed by atoms with van der Waals surface area (Å²) in [5, 5.41) is 4.08. The molecule has 0 radical (unpaired) electrons. The third-order valence-corrected chi connectivity index (χ3v) is 4.11. The fraction of sp³-hybridized carbons (Fsp3) is 0.615. The van der Waals surface area contributed by atoms with Crippen LogP contribution >= 0.6 is 23.7 Å². The molecule has 1 atom stereocenters. The van der Waals surface area contributed by atoms with Gasteiger partial charge < -0.3 is 10.6 Å². The summed E-state index contributed by atoms with van der Waals surface area (Å²) in [6.45, 7) is 1.58. The molecule has 1 aromatic rings. The van der Waals surface area contributed by atoms with Gasteiger partial charge in [0.1, 0.15) is 0 Å². The summed E-state index contributed by atoms with van der Waals surface area (Å²) in [6.07, 6.45) is 4.97. The van der Waals surface area contributed by atoms with Gasteiger partial charge in [-0.2, -0.15) is 11.3 Å². The van der Waals surface area contributed by atoms with Crippen molar-refractivity contribution in [2.45, 2.75) is 38.1 Å². The average molecular weight is 289 g/mol. The Labute approximate surface area is 119 Å². The van der Waals surface area contributed by atoms with Gasteiger partial charge in [-0.1, -0.05) is 0 Å². The van der Waals surface area contributed by atoms with Gasteiger partial charge in [0, 0.05) is 12.6 Å². The standard InChI is InChI=1S/C13H20N2OS.ClH/c14-6-4-12-3-1-2-7-15(12)13(16)9-11-5-8-17-10-11;/h5,8,10,12H,1-4,6-7,9,14H2;1H. The number of hydrogen-bond donors (Lipinski definition) is 1. The van der Waals surface area contributed by atoms with Gasteiger partial charge in [-0.05, 0) is 54.6 Å². The molecule has 2 N–H and O–H groups in total. The topological polar surface area (TPSA) is 46.3 Å². The maximum Gasteiger partial charge on any atom is 0.227 e. The van der Waals surface area contributed by atoms with E-state index in [1.165, 1.54) is 6.42 Å². The van der Waals surface area contributed by atoms with Crippen LogP contribution in [0.3, 0.4) is 0 Å². The number of rotatable bonds is 4. The number of carbonyl (C=O) groups is 1. The first-order valence-electron chi connectivity index (χ1n) is 6.32. The van der Waals surface area contributed by atoms with Crippen molar-refractivity contribution >= 4 is 29.7 Å². The highest BCUT2D eigenvalue weighted by Crippen LogP contribution is 2.20. The van der Waals surface area contributed by atoms with Crippen LogP contribution in [0.5, 0.6) is 0 Å². The molecule has 102 valence electrons. The van der Waals surface area contributed by atoms with Crippen LogP contribution in [-0.4, -0.2) is 29.9 Å². The fourth-order valence-electron chi connectivity index (χ4n) is 2.49. The van der Waals surface area contributed by atoms with Crippen LogP contribution < -0.4 is 5.73 Å². The van der Waals surface area contributed by atoms with Gasteiger partial charge in [0.15, 0.2) is 0 Å². The van der Waals surface area contributed by atoms with Gasteiger partial charge in [0.2, 0.25) is 5.91 Å². The van der Waals surface area contributed by atoms with E-state index in [1.807, 2.05) is 16.3 Å². The van der Waals surface area contributed by atoms with Gasteiger partial charge in [-0.15, -0.1) is 12.4 Å². The van der Waals surface area contributed by atoms with Crippen LogP contribution in [0.15, 0.2) is 16.8 Å². The van der Waals surface area contributed by atoms with Crippen molar-refractivity contribution in [3.05, 3.63) is 22.4 Å². The maximum absolute atomic E-state index is 12.2. The van der Waals surface area contributed by atoms with Gasteiger partial charge in [0.05, 0.1) is 6.42 Å². The van der Waals surface area contributed by atoms with Crippen molar-refractivity contribution in [2.24, 2.45) is 5.73 Å². The van der Waals surface area contributed by atoms with Crippen molar-refractivity contribution in [3.8, 4) is 0 Å². The molecule has 5 heteroatoms. The number of hydrogen-bond acceptors (Lipinski definition) is 3. The Bertz CT molecular complexity index is 354. The van der Waals surface area contributed by atoms with Gasteiger partial charge in [0.25, 0.3) is 0 Å². The second kappa shape index (κ2) is 7.77. The molecule has 0 spiro atoms. The number of thiophene rings is 1. The number of carbonyl (C=O) groups excluding carboxylic acids is 1. The lowest BCUT2D eigenvalue weighted by Gasteiger charge is -2.35. The molecule has 2 heterocycles. The normalized spacial score (nSPS) is 19.4. The molecule has 1 unspecified atom stereocenters. The number of halogens is 1. The number of likely N-dealkylation sites (tertiary alicyclic amines) is 1. The fourth-order valence-corrected chi connectivity index (χ4v) is 3.16. The molecule has 0 aliphatic carbocycles. The number of nitrogens with two attached hydrogens (primary N) is 1. The summed E-state index contributed by atoms with van der Waals surface area (Å²) in [5.41, 5.74) is 6.76. The van der Waals surface area contributed by atoms with Crippen LogP contribution in [0.4, 0.5) is 0 Å². The number of piperidine rings is 1. The monoisotopic (exact) mass is 288 g/mol. The zero-order chi connectivity index (χ0) is 12.1. The van der Waals surface area contributed by atoms with E-state index in [9.17, 15) is 4.79 Å². The molecule has 1 aromatic heterocycles. The van der Waals surface area contributed by atoms with Crippen molar-refractivity contribution in [3.63, 3.8) is 0 Å². The van der Waals surface area contributed by atoms with Crippen molar-refractivity contribution < 1.29 is 4.79 Å². The quantitative estimate of drug-likeness (QED) is 0.925. The molecule has 1 aliphatic rings. The molecule has 3 nitrogen and oxygen atoms in total. The lowest BCUT2D eigenvalue weighted by molar-refractivity contribution is -0.134. The molecule has 0 saturated carbocycles. The highest BCUT2D eigenvalue weighted by Gasteiger charge is 2.25. The minimum Gasteiger partial charge on any atom is -0.339 e.